The van der Waals surface area contributed by atoms with Gasteiger partial charge in [-0.05, 0) is 24.6 Å². The Bertz CT molecular complexity index is 702. The average molecular weight is 469 g/mol. The molecule has 0 unspecified atom stereocenters. The number of rotatable bonds is 5. The summed E-state index contributed by atoms with van der Waals surface area (Å²) >= 11 is 0. The average Bonchev–Trinajstić information content (AvgIpc) is 2.95. The van der Waals surface area contributed by atoms with Crippen LogP contribution in [0.2, 0.25) is 0 Å². The topological polar surface area (TPSA) is 75.3 Å². The summed E-state index contributed by atoms with van der Waals surface area (Å²) in [5, 5.41) is 9.75. The molecule has 0 saturated carbocycles. The number of aliphatic imine (C=N–C) groups is 1. The van der Waals surface area contributed by atoms with Crippen LogP contribution in [0.1, 0.15) is 29.8 Å². The van der Waals surface area contributed by atoms with Crippen molar-refractivity contribution in [2.75, 3.05) is 6.54 Å². The second-order valence-electron chi connectivity index (χ2n) is 4.98. The van der Waals surface area contributed by atoms with Gasteiger partial charge in [-0.15, -0.1) is 24.0 Å². The van der Waals surface area contributed by atoms with Gasteiger partial charge in [-0.2, -0.15) is 18.2 Å². The maximum atomic E-state index is 12.7. The third kappa shape index (κ3) is 6.88. The van der Waals surface area contributed by atoms with Crippen LogP contribution in [-0.2, 0) is 19.3 Å². The van der Waals surface area contributed by atoms with Gasteiger partial charge in [0.25, 0.3) is 0 Å². The van der Waals surface area contributed by atoms with E-state index in [0.29, 0.717) is 36.3 Å². The lowest BCUT2D eigenvalue weighted by Gasteiger charge is -2.10. The number of aryl methyl sites for hydroxylation is 1. The smallest absolute Gasteiger partial charge is 0.357 e. The zero-order valence-corrected chi connectivity index (χ0v) is 16.1. The number of guanidine groups is 1. The molecule has 138 valence electrons. The van der Waals surface area contributed by atoms with Crippen LogP contribution in [0.4, 0.5) is 13.2 Å². The van der Waals surface area contributed by atoms with Gasteiger partial charge in [-0.3, -0.25) is 0 Å². The van der Waals surface area contributed by atoms with Gasteiger partial charge in [0.05, 0.1) is 18.7 Å². The molecule has 0 radical (unpaired) electrons. The summed E-state index contributed by atoms with van der Waals surface area (Å²) in [5.74, 6) is 1.38. The summed E-state index contributed by atoms with van der Waals surface area (Å²) < 4.78 is 43.0. The number of hydrogen-bond donors (Lipinski definition) is 2. The Morgan fingerprint density at radius 2 is 2.04 bits per heavy atom. The molecule has 25 heavy (non-hydrogen) atoms. The van der Waals surface area contributed by atoms with Crippen molar-refractivity contribution < 1.29 is 17.7 Å². The highest BCUT2D eigenvalue weighted by Gasteiger charge is 2.30. The molecule has 0 fully saturated rings. The van der Waals surface area contributed by atoms with E-state index in [1.165, 1.54) is 6.07 Å². The van der Waals surface area contributed by atoms with Crippen LogP contribution in [0.15, 0.2) is 33.8 Å². The fraction of sp³-hybridized carbons (Fsp3) is 0.400. The molecule has 0 aliphatic carbocycles. The highest BCUT2D eigenvalue weighted by atomic mass is 127. The Balaban J connectivity index is 0.00000312. The minimum atomic E-state index is -4.36. The lowest BCUT2D eigenvalue weighted by Crippen LogP contribution is -2.37. The van der Waals surface area contributed by atoms with E-state index in [4.69, 9.17) is 4.52 Å². The number of hydrogen-bond acceptors (Lipinski definition) is 4. The first-order chi connectivity index (χ1) is 11.4. The Kier molecular flexibility index (Phi) is 8.13. The number of alkyl halides is 3. The van der Waals surface area contributed by atoms with Gasteiger partial charge in [-0.1, -0.05) is 17.3 Å². The molecule has 1 heterocycles. The summed E-state index contributed by atoms with van der Waals surface area (Å²) in [5.41, 5.74) is -0.215. The fourth-order valence-corrected chi connectivity index (χ4v) is 1.93. The Morgan fingerprint density at radius 3 is 2.64 bits per heavy atom. The number of nitrogens with one attached hydrogen (secondary N) is 2. The summed E-state index contributed by atoms with van der Waals surface area (Å²) in [6.07, 6.45) is -4.36. The Morgan fingerprint density at radius 1 is 1.28 bits per heavy atom. The van der Waals surface area contributed by atoms with Gasteiger partial charge in [0.2, 0.25) is 5.89 Å². The van der Waals surface area contributed by atoms with Gasteiger partial charge in [0.1, 0.15) is 0 Å². The van der Waals surface area contributed by atoms with Gasteiger partial charge < -0.3 is 15.2 Å². The lowest BCUT2D eigenvalue weighted by atomic mass is 10.1. The quantitative estimate of drug-likeness (QED) is 0.400. The molecule has 1 aromatic carbocycles. The van der Waals surface area contributed by atoms with Gasteiger partial charge in [0.15, 0.2) is 11.8 Å². The maximum absolute atomic E-state index is 12.7. The first kappa shape index (κ1) is 21.2. The van der Waals surface area contributed by atoms with Crippen LogP contribution in [0.3, 0.4) is 0 Å². The van der Waals surface area contributed by atoms with E-state index >= 15 is 0 Å². The lowest BCUT2D eigenvalue weighted by molar-refractivity contribution is -0.137. The van der Waals surface area contributed by atoms with Crippen LogP contribution < -0.4 is 10.6 Å². The highest BCUT2D eigenvalue weighted by molar-refractivity contribution is 14.0. The minimum absolute atomic E-state index is 0. The highest BCUT2D eigenvalue weighted by Crippen LogP contribution is 2.29. The van der Waals surface area contributed by atoms with E-state index in [0.717, 1.165) is 12.1 Å². The molecule has 0 spiro atoms. The van der Waals surface area contributed by atoms with Crippen LogP contribution in [0.5, 0.6) is 0 Å². The number of nitrogens with zero attached hydrogens (tertiary/aromatic N) is 3. The van der Waals surface area contributed by atoms with E-state index in [2.05, 4.69) is 25.8 Å². The van der Waals surface area contributed by atoms with Crippen LogP contribution in [-0.4, -0.2) is 22.6 Å². The Labute approximate surface area is 160 Å². The normalized spacial score (nSPS) is 11.8. The zero-order chi connectivity index (χ0) is 17.6. The minimum Gasteiger partial charge on any atom is -0.357 e. The number of benzene rings is 1. The standard InChI is InChI=1S/C15H18F3N5O.HI/c1-3-19-14(21-9-13-22-10(2)24-23-13)20-8-11-5-4-6-12(7-11)15(16,17)18;/h4-7H,3,8-9H2,1-2H3,(H2,19,20,21);1H. The molecule has 0 aliphatic heterocycles. The molecule has 0 amide bonds. The van der Waals surface area contributed by atoms with Crippen molar-refractivity contribution in [3.8, 4) is 0 Å². The van der Waals surface area contributed by atoms with Crippen molar-refractivity contribution in [3.63, 3.8) is 0 Å². The fourth-order valence-electron chi connectivity index (χ4n) is 1.93. The third-order valence-electron chi connectivity index (χ3n) is 3.00. The zero-order valence-electron chi connectivity index (χ0n) is 13.7. The maximum Gasteiger partial charge on any atom is 0.416 e. The summed E-state index contributed by atoms with van der Waals surface area (Å²) in [6.45, 7) is 4.60. The van der Waals surface area contributed by atoms with E-state index in [1.807, 2.05) is 6.92 Å². The predicted molar refractivity (Wildman–Crippen MR) is 97.5 cm³/mol. The number of halogens is 4. The van der Waals surface area contributed by atoms with E-state index in [-0.39, 0.29) is 30.5 Å². The second-order valence-corrected chi connectivity index (χ2v) is 4.98. The first-order valence-electron chi connectivity index (χ1n) is 7.36. The van der Waals surface area contributed by atoms with Crippen molar-refractivity contribution in [2.24, 2.45) is 4.99 Å². The van der Waals surface area contributed by atoms with Crippen molar-refractivity contribution >= 4 is 29.9 Å². The van der Waals surface area contributed by atoms with Crippen LogP contribution >= 0.6 is 24.0 Å². The molecule has 2 rings (SSSR count). The molecule has 0 saturated heterocycles. The van der Waals surface area contributed by atoms with E-state index < -0.39 is 11.7 Å². The van der Waals surface area contributed by atoms with Crippen LogP contribution in [0.25, 0.3) is 0 Å². The van der Waals surface area contributed by atoms with Crippen molar-refractivity contribution in [3.05, 3.63) is 47.1 Å². The van der Waals surface area contributed by atoms with Crippen molar-refractivity contribution in [1.29, 1.82) is 0 Å². The molecule has 2 N–H and O–H groups in total. The Hall–Kier alpha value is -1.85. The molecule has 0 bridgehead atoms. The SMILES string of the molecule is CCNC(=NCc1cccc(C(F)(F)F)c1)NCc1noc(C)n1.I. The summed E-state index contributed by atoms with van der Waals surface area (Å²) in [4.78, 5) is 8.32. The monoisotopic (exact) mass is 469 g/mol. The third-order valence-corrected chi connectivity index (χ3v) is 3.00. The largest absolute Gasteiger partial charge is 0.416 e. The van der Waals surface area contributed by atoms with Crippen LogP contribution in [0, 0.1) is 6.92 Å². The van der Waals surface area contributed by atoms with Crippen molar-refractivity contribution in [1.82, 2.24) is 20.8 Å². The summed E-state index contributed by atoms with van der Waals surface area (Å²) in [6, 6.07) is 5.10. The molecular weight excluding hydrogens is 450 g/mol. The van der Waals surface area contributed by atoms with Gasteiger partial charge in [0, 0.05) is 13.5 Å². The molecule has 10 heteroatoms. The van der Waals surface area contributed by atoms with Gasteiger partial charge >= 0.3 is 6.18 Å². The molecule has 6 nitrogen and oxygen atoms in total. The second kappa shape index (κ2) is 9.59. The molecule has 0 aliphatic rings. The van der Waals surface area contributed by atoms with E-state index in [9.17, 15) is 13.2 Å². The summed E-state index contributed by atoms with van der Waals surface area (Å²) in [7, 11) is 0. The number of aromatic nitrogens is 2. The van der Waals surface area contributed by atoms with Crippen molar-refractivity contribution in [2.45, 2.75) is 33.1 Å². The molecule has 0 atom stereocenters. The predicted octanol–water partition coefficient (Wildman–Crippen LogP) is 3.27. The first-order valence-corrected chi connectivity index (χ1v) is 7.36. The molecule has 2 aromatic rings. The molecule has 1 aromatic heterocycles. The van der Waals surface area contributed by atoms with E-state index in [1.54, 1.807) is 13.0 Å². The van der Waals surface area contributed by atoms with Gasteiger partial charge in [-0.25, -0.2) is 4.99 Å². The molecular formula is C15H19F3IN5O.